The van der Waals surface area contributed by atoms with Gasteiger partial charge < -0.3 is 19.7 Å². The van der Waals surface area contributed by atoms with Crippen molar-refractivity contribution in [3.63, 3.8) is 0 Å². The van der Waals surface area contributed by atoms with Crippen LogP contribution in [0.1, 0.15) is 12.2 Å². The normalized spacial score (nSPS) is 22.1. The number of aromatic nitrogens is 3. The second-order valence-corrected chi connectivity index (χ2v) is 4.96. The summed E-state index contributed by atoms with van der Waals surface area (Å²) in [4.78, 5) is 8.38. The molecule has 106 valence electrons. The van der Waals surface area contributed by atoms with Gasteiger partial charge >= 0.3 is 0 Å². The fourth-order valence-electron chi connectivity index (χ4n) is 2.07. The smallest absolute Gasteiger partial charge is 0.258 e. The molecule has 1 unspecified atom stereocenters. The molecule has 2 N–H and O–H groups in total. The summed E-state index contributed by atoms with van der Waals surface area (Å²) < 4.78 is 10.3. The van der Waals surface area contributed by atoms with Crippen LogP contribution >= 0.6 is 0 Å². The van der Waals surface area contributed by atoms with Gasteiger partial charge in [-0.05, 0) is 19.1 Å². The molecule has 0 aromatic carbocycles. The van der Waals surface area contributed by atoms with Crippen molar-refractivity contribution in [2.45, 2.75) is 18.9 Å². The maximum atomic E-state index is 10.2. The molecule has 1 fully saturated rings. The molecule has 2 aromatic heterocycles. The van der Waals surface area contributed by atoms with Gasteiger partial charge in [0.2, 0.25) is 0 Å². The number of ether oxygens (including phenoxy) is 1. The van der Waals surface area contributed by atoms with Crippen LogP contribution in [-0.4, -0.2) is 45.6 Å². The summed E-state index contributed by atoms with van der Waals surface area (Å²) in [6, 6.07) is 3.61. The van der Waals surface area contributed by atoms with Crippen LogP contribution in [0.15, 0.2) is 22.9 Å². The molecule has 1 atom stereocenters. The molecule has 1 saturated heterocycles. The van der Waals surface area contributed by atoms with Crippen LogP contribution in [0.2, 0.25) is 0 Å². The number of nitrogens with zero attached hydrogens (tertiary/aromatic N) is 3. The Hall–Kier alpha value is -1.99. The molecule has 1 aliphatic heterocycles. The lowest BCUT2D eigenvalue weighted by Gasteiger charge is -2.20. The highest BCUT2D eigenvalue weighted by molar-refractivity contribution is 5.57. The predicted octanol–water partition coefficient (Wildman–Crippen LogP) is 1.00. The Balaban J connectivity index is 1.71. The Morgan fingerprint density at radius 2 is 2.40 bits per heavy atom. The lowest BCUT2D eigenvalue weighted by atomic mass is 10.0. The largest absolute Gasteiger partial charge is 0.386 e. The van der Waals surface area contributed by atoms with E-state index in [2.05, 4.69) is 20.4 Å². The Morgan fingerprint density at radius 3 is 3.10 bits per heavy atom. The third-order valence-corrected chi connectivity index (χ3v) is 3.22. The summed E-state index contributed by atoms with van der Waals surface area (Å²) in [6.45, 7) is 3.10. The van der Waals surface area contributed by atoms with Crippen molar-refractivity contribution in [1.82, 2.24) is 15.1 Å². The van der Waals surface area contributed by atoms with Crippen molar-refractivity contribution in [1.29, 1.82) is 0 Å². The summed E-state index contributed by atoms with van der Waals surface area (Å²) in [5.74, 6) is 1.69. The van der Waals surface area contributed by atoms with Crippen LogP contribution in [0.5, 0.6) is 0 Å². The molecule has 7 nitrogen and oxygen atoms in total. The lowest BCUT2D eigenvalue weighted by molar-refractivity contribution is 0.0381. The van der Waals surface area contributed by atoms with E-state index in [1.807, 2.05) is 6.07 Å². The highest BCUT2D eigenvalue weighted by Gasteiger charge is 2.31. The number of hydrogen-bond donors (Lipinski definition) is 2. The van der Waals surface area contributed by atoms with Crippen LogP contribution in [-0.2, 0) is 4.74 Å². The Kier molecular flexibility index (Phi) is 3.37. The molecule has 0 amide bonds. The standard InChI is InChI=1S/C13H16N4O3/c1-9-16-12(20-17-9)10-2-4-14-11(6-10)15-7-13(18)3-5-19-8-13/h2,4,6,18H,3,5,7-8H2,1H3,(H,14,15). The van der Waals surface area contributed by atoms with Gasteiger partial charge in [0.15, 0.2) is 5.82 Å². The van der Waals surface area contributed by atoms with E-state index in [-0.39, 0.29) is 0 Å². The van der Waals surface area contributed by atoms with Crippen LogP contribution in [0.3, 0.4) is 0 Å². The molecule has 20 heavy (non-hydrogen) atoms. The summed E-state index contributed by atoms with van der Waals surface area (Å²) in [6.07, 6.45) is 2.29. The van der Waals surface area contributed by atoms with E-state index < -0.39 is 5.60 Å². The SMILES string of the molecule is Cc1noc(-c2ccnc(NCC3(O)CCOC3)c2)n1. The molecule has 7 heteroatoms. The first kappa shape index (κ1) is 13.0. The van der Waals surface area contributed by atoms with Crippen molar-refractivity contribution < 1.29 is 14.4 Å². The zero-order chi connectivity index (χ0) is 14.0. The second kappa shape index (κ2) is 5.18. The van der Waals surface area contributed by atoms with Crippen molar-refractivity contribution >= 4 is 5.82 Å². The van der Waals surface area contributed by atoms with Gasteiger partial charge in [0.05, 0.1) is 6.61 Å². The number of aryl methyl sites for hydroxylation is 1. The van der Waals surface area contributed by atoms with Crippen LogP contribution in [0.25, 0.3) is 11.5 Å². The predicted molar refractivity (Wildman–Crippen MR) is 71.1 cm³/mol. The molecule has 2 aromatic rings. The molecular weight excluding hydrogens is 260 g/mol. The number of hydrogen-bond acceptors (Lipinski definition) is 7. The minimum Gasteiger partial charge on any atom is -0.386 e. The quantitative estimate of drug-likeness (QED) is 0.860. The zero-order valence-corrected chi connectivity index (χ0v) is 11.2. The highest BCUT2D eigenvalue weighted by atomic mass is 16.5. The van der Waals surface area contributed by atoms with E-state index in [9.17, 15) is 5.11 Å². The summed E-state index contributed by atoms with van der Waals surface area (Å²) in [7, 11) is 0. The minimum absolute atomic E-state index is 0.350. The Labute approximate surface area is 116 Å². The second-order valence-electron chi connectivity index (χ2n) is 4.96. The van der Waals surface area contributed by atoms with Gasteiger partial charge in [-0.2, -0.15) is 4.98 Å². The van der Waals surface area contributed by atoms with E-state index in [0.29, 0.717) is 43.7 Å². The van der Waals surface area contributed by atoms with Gasteiger partial charge in [-0.15, -0.1) is 0 Å². The average Bonchev–Trinajstić information content (AvgIpc) is 3.07. The maximum Gasteiger partial charge on any atom is 0.258 e. The molecule has 0 saturated carbocycles. The van der Waals surface area contributed by atoms with Gasteiger partial charge in [-0.25, -0.2) is 4.98 Å². The molecule has 3 heterocycles. The fraction of sp³-hybridized carbons (Fsp3) is 0.462. The van der Waals surface area contributed by atoms with Gasteiger partial charge in [0.1, 0.15) is 11.4 Å². The first-order valence-corrected chi connectivity index (χ1v) is 6.45. The Morgan fingerprint density at radius 1 is 1.50 bits per heavy atom. The maximum absolute atomic E-state index is 10.2. The van der Waals surface area contributed by atoms with Crippen molar-refractivity contribution in [2.24, 2.45) is 0 Å². The molecule has 0 aliphatic carbocycles. The number of anilines is 1. The number of rotatable bonds is 4. The third-order valence-electron chi connectivity index (χ3n) is 3.22. The van der Waals surface area contributed by atoms with Crippen molar-refractivity contribution in [3.05, 3.63) is 24.2 Å². The molecular formula is C13H16N4O3. The summed E-state index contributed by atoms with van der Waals surface area (Å²) in [5, 5.41) is 17.1. The van der Waals surface area contributed by atoms with Crippen molar-refractivity contribution in [2.75, 3.05) is 25.1 Å². The van der Waals surface area contributed by atoms with E-state index in [0.717, 1.165) is 5.56 Å². The molecule has 1 aliphatic rings. The number of pyridine rings is 1. The number of aliphatic hydroxyl groups is 1. The van der Waals surface area contributed by atoms with E-state index in [4.69, 9.17) is 9.26 Å². The first-order chi connectivity index (χ1) is 9.65. The number of nitrogens with one attached hydrogen (secondary N) is 1. The topological polar surface area (TPSA) is 93.3 Å². The van der Waals surface area contributed by atoms with Gasteiger partial charge in [0.25, 0.3) is 5.89 Å². The summed E-state index contributed by atoms with van der Waals surface area (Å²) in [5.41, 5.74) is -0.0311. The molecule has 3 rings (SSSR count). The van der Waals surface area contributed by atoms with E-state index in [1.54, 1.807) is 19.2 Å². The van der Waals surface area contributed by atoms with Crippen LogP contribution < -0.4 is 5.32 Å². The van der Waals surface area contributed by atoms with Crippen LogP contribution in [0.4, 0.5) is 5.82 Å². The first-order valence-electron chi connectivity index (χ1n) is 6.45. The summed E-state index contributed by atoms with van der Waals surface area (Å²) >= 11 is 0. The van der Waals surface area contributed by atoms with E-state index >= 15 is 0 Å². The monoisotopic (exact) mass is 276 g/mol. The highest BCUT2D eigenvalue weighted by Crippen LogP contribution is 2.21. The van der Waals surface area contributed by atoms with Gasteiger partial charge in [-0.1, -0.05) is 5.16 Å². The minimum atomic E-state index is -0.821. The average molecular weight is 276 g/mol. The molecule has 0 radical (unpaired) electrons. The fourth-order valence-corrected chi connectivity index (χ4v) is 2.07. The van der Waals surface area contributed by atoms with Gasteiger partial charge in [-0.3, -0.25) is 0 Å². The molecule has 0 bridgehead atoms. The van der Waals surface area contributed by atoms with E-state index in [1.165, 1.54) is 0 Å². The van der Waals surface area contributed by atoms with Crippen molar-refractivity contribution in [3.8, 4) is 11.5 Å². The third kappa shape index (κ3) is 2.78. The molecule has 0 spiro atoms. The Bertz CT molecular complexity index is 593. The lowest BCUT2D eigenvalue weighted by Crippen LogP contribution is -2.37. The zero-order valence-electron chi connectivity index (χ0n) is 11.2. The van der Waals surface area contributed by atoms with Crippen LogP contribution in [0, 0.1) is 6.92 Å². The van der Waals surface area contributed by atoms with Gasteiger partial charge in [0, 0.05) is 31.3 Å².